The van der Waals surface area contributed by atoms with Gasteiger partial charge in [0.2, 0.25) is 5.90 Å². The fourth-order valence-corrected chi connectivity index (χ4v) is 0.728. The zero-order valence-corrected chi connectivity index (χ0v) is 5.50. The quantitative estimate of drug-likeness (QED) is 0.578. The third kappa shape index (κ3) is 1.42. The molecule has 1 aliphatic heterocycles. The summed E-state index contributed by atoms with van der Waals surface area (Å²) in [6, 6.07) is 0. The zero-order valence-electron chi connectivity index (χ0n) is 5.50. The van der Waals surface area contributed by atoms with Crippen LogP contribution in [0.15, 0.2) is 4.99 Å². The van der Waals surface area contributed by atoms with E-state index in [2.05, 4.69) is 4.99 Å². The molecule has 0 fully saturated rings. The molecule has 1 aliphatic rings. The second-order valence-corrected chi connectivity index (χ2v) is 1.99. The van der Waals surface area contributed by atoms with Gasteiger partial charge in [-0.2, -0.15) is 0 Å². The Hall–Kier alpha value is -0.570. The van der Waals surface area contributed by atoms with Crippen LogP contribution in [0.3, 0.4) is 0 Å². The number of aliphatic imine (C=N–C) groups is 1. The first kappa shape index (κ1) is 6.55. The Morgan fingerprint density at radius 3 is 3.11 bits per heavy atom. The minimum atomic E-state index is -0.479. The first-order valence-electron chi connectivity index (χ1n) is 3.19. The molecule has 0 aliphatic carbocycles. The Kier molecular flexibility index (Phi) is 2.05. The summed E-state index contributed by atoms with van der Waals surface area (Å²) in [5.41, 5.74) is 0. The van der Waals surface area contributed by atoms with E-state index in [4.69, 9.17) is 9.84 Å². The summed E-state index contributed by atoms with van der Waals surface area (Å²) in [4.78, 5) is 3.95. The van der Waals surface area contributed by atoms with Gasteiger partial charge in [0.15, 0.2) is 0 Å². The van der Waals surface area contributed by atoms with Crippen LogP contribution in [0.2, 0.25) is 0 Å². The fourth-order valence-electron chi connectivity index (χ4n) is 0.728. The van der Waals surface area contributed by atoms with Crippen molar-refractivity contribution in [1.29, 1.82) is 0 Å². The highest BCUT2D eigenvalue weighted by Gasteiger charge is 2.14. The van der Waals surface area contributed by atoms with Crippen LogP contribution in [0.5, 0.6) is 0 Å². The van der Waals surface area contributed by atoms with E-state index in [0.29, 0.717) is 25.5 Å². The molecule has 0 bridgehead atoms. The van der Waals surface area contributed by atoms with E-state index in [1.54, 1.807) is 0 Å². The predicted molar refractivity (Wildman–Crippen MR) is 34.6 cm³/mol. The second kappa shape index (κ2) is 2.82. The Labute approximate surface area is 54.4 Å². The van der Waals surface area contributed by atoms with Crippen molar-refractivity contribution in [2.24, 2.45) is 4.99 Å². The summed E-state index contributed by atoms with van der Waals surface area (Å²) in [5, 5.41) is 9.10. The number of ether oxygens (including phenoxy) is 1. The van der Waals surface area contributed by atoms with Gasteiger partial charge in [-0.25, -0.2) is 4.99 Å². The highest BCUT2D eigenvalue weighted by Crippen LogP contribution is 2.01. The van der Waals surface area contributed by atoms with Crippen LogP contribution in [0.25, 0.3) is 0 Å². The summed E-state index contributed by atoms with van der Waals surface area (Å²) < 4.78 is 5.01. The Balaban J connectivity index is 2.40. The number of aliphatic hydroxyl groups is 1. The lowest BCUT2D eigenvalue weighted by molar-refractivity contribution is 0.196. The van der Waals surface area contributed by atoms with Crippen LogP contribution < -0.4 is 0 Å². The van der Waals surface area contributed by atoms with Gasteiger partial charge >= 0.3 is 0 Å². The average Bonchev–Trinajstić information content (AvgIpc) is 2.37. The summed E-state index contributed by atoms with van der Waals surface area (Å²) in [6.07, 6.45) is 0.200. The van der Waals surface area contributed by atoms with Gasteiger partial charge in [0, 0.05) is 0 Å². The lowest BCUT2D eigenvalue weighted by Gasteiger charge is -2.05. The normalized spacial score (nSPS) is 20.9. The molecule has 1 heterocycles. The van der Waals surface area contributed by atoms with Crippen LogP contribution in [0, 0.1) is 0 Å². The summed E-state index contributed by atoms with van der Waals surface area (Å²) in [7, 11) is 0. The van der Waals surface area contributed by atoms with Crippen molar-refractivity contribution in [2.45, 2.75) is 19.4 Å². The van der Waals surface area contributed by atoms with Gasteiger partial charge in [0.1, 0.15) is 12.7 Å². The molecular weight excluding hydrogens is 118 g/mol. The van der Waals surface area contributed by atoms with E-state index >= 15 is 0 Å². The van der Waals surface area contributed by atoms with Crippen LogP contribution >= 0.6 is 0 Å². The minimum Gasteiger partial charge on any atom is -0.477 e. The Bertz CT molecular complexity index is 122. The van der Waals surface area contributed by atoms with E-state index in [0.717, 1.165) is 0 Å². The Morgan fingerprint density at radius 1 is 1.89 bits per heavy atom. The molecule has 1 rings (SSSR count). The molecule has 0 amide bonds. The molecule has 3 heteroatoms. The van der Waals surface area contributed by atoms with Crippen molar-refractivity contribution in [3.63, 3.8) is 0 Å². The molecule has 0 aromatic carbocycles. The Morgan fingerprint density at radius 2 is 2.67 bits per heavy atom. The molecule has 0 aromatic heterocycles. The van der Waals surface area contributed by atoms with E-state index in [1.807, 2.05) is 6.92 Å². The van der Waals surface area contributed by atoms with Gasteiger partial charge in [-0.3, -0.25) is 0 Å². The summed E-state index contributed by atoms with van der Waals surface area (Å²) >= 11 is 0. The third-order valence-corrected chi connectivity index (χ3v) is 1.28. The molecule has 52 valence electrons. The van der Waals surface area contributed by atoms with Crippen LogP contribution in [0.1, 0.15) is 13.3 Å². The average molecular weight is 129 g/mol. The standard InChI is InChI=1S/C6H11NO2/c1-2-5(8)6-7-3-4-9-6/h5,8H,2-4H2,1H3. The predicted octanol–water partition coefficient (Wildman–Crippen LogP) is 0.186. The van der Waals surface area contributed by atoms with Gasteiger partial charge in [-0.15, -0.1) is 0 Å². The monoisotopic (exact) mass is 129 g/mol. The molecule has 0 radical (unpaired) electrons. The smallest absolute Gasteiger partial charge is 0.213 e. The molecule has 0 saturated heterocycles. The fraction of sp³-hybridized carbons (Fsp3) is 0.833. The van der Waals surface area contributed by atoms with Crippen LogP contribution in [-0.2, 0) is 4.74 Å². The molecule has 3 nitrogen and oxygen atoms in total. The van der Waals surface area contributed by atoms with Crippen LogP contribution in [-0.4, -0.2) is 30.3 Å². The van der Waals surface area contributed by atoms with Gasteiger partial charge in [0.25, 0.3) is 0 Å². The number of hydrogen-bond acceptors (Lipinski definition) is 3. The van der Waals surface area contributed by atoms with Crippen molar-refractivity contribution in [3.8, 4) is 0 Å². The molecule has 0 spiro atoms. The van der Waals surface area contributed by atoms with E-state index in [1.165, 1.54) is 0 Å². The van der Waals surface area contributed by atoms with Crippen molar-refractivity contribution in [3.05, 3.63) is 0 Å². The lowest BCUT2D eigenvalue weighted by atomic mass is 10.3. The molecule has 0 saturated carbocycles. The number of rotatable bonds is 2. The molecule has 9 heavy (non-hydrogen) atoms. The van der Waals surface area contributed by atoms with Crippen molar-refractivity contribution < 1.29 is 9.84 Å². The maximum Gasteiger partial charge on any atom is 0.213 e. The van der Waals surface area contributed by atoms with Crippen molar-refractivity contribution in [1.82, 2.24) is 0 Å². The van der Waals surface area contributed by atoms with Crippen molar-refractivity contribution >= 4 is 5.90 Å². The number of hydrogen-bond donors (Lipinski definition) is 1. The molecule has 1 unspecified atom stereocenters. The first-order chi connectivity index (χ1) is 4.34. The third-order valence-electron chi connectivity index (χ3n) is 1.28. The SMILES string of the molecule is CCC(O)C1=NCCO1. The zero-order chi connectivity index (χ0) is 6.69. The van der Waals surface area contributed by atoms with E-state index in [-0.39, 0.29) is 0 Å². The van der Waals surface area contributed by atoms with Crippen molar-refractivity contribution in [2.75, 3.05) is 13.2 Å². The first-order valence-corrected chi connectivity index (χ1v) is 3.19. The van der Waals surface area contributed by atoms with Gasteiger partial charge in [-0.1, -0.05) is 6.92 Å². The maximum atomic E-state index is 9.10. The van der Waals surface area contributed by atoms with E-state index < -0.39 is 6.10 Å². The maximum absolute atomic E-state index is 9.10. The van der Waals surface area contributed by atoms with Gasteiger partial charge in [-0.05, 0) is 6.42 Å². The van der Waals surface area contributed by atoms with Gasteiger partial charge in [0.05, 0.1) is 6.54 Å². The lowest BCUT2D eigenvalue weighted by Crippen LogP contribution is -2.19. The molecule has 1 N–H and O–H groups in total. The molecule has 0 aromatic rings. The van der Waals surface area contributed by atoms with E-state index in [9.17, 15) is 0 Å². The largest absolute Gasteiger partial charge is 0.477 e. The van der Waals surface area contributed by atoms with Gasteiger partial charge < -0.3 is 9.84 Å². The molecule has 1 atom stereocenters. The second-order valence-electron chi connectivity index (χ2n) is 1.99. The number of nitrogens with zero attached hydrogens (tertiary/aromatic N) is 1. The summed E-state index contributed by atoms with van der Waals surface area (Å²) in [5.74, 6) is 0.512. The highest BCUT2D eigenvalue weighted by molar-refractivity contribution is 5.81. The molecular formula is C6H11NO2. The van der Waals surface area contributed by atoms with Crippen LogP contribution in [0.4, 0.5) is 0 Å². The highest BCUT2D eigenvalue weighted by atomic mass is 16.5. The summed E-state index contributed by atoms with van der Waals surface area (Å²) in [6.45, 7) is 3.23. The topological polar surface area (TPSA) is 41.8 Å². The number of aliphatic hydroxyl groups excluding tert-OH is 1. The minimum absolute atomic E-state index is 0.479.